The van der Waals surface area contributed by atoms with Crippen molar-refractivity contribution in [1.82, 2.24) is 0 Å². The normalized spacial score (nSPS) is 9.33. The number of phenols is 1. The van der Waals surface area contributed by atoms with Crippen LogP contribution in [-0.4, -0.2) is 34.7 Å². The maximum atomic E-state index is 9.14. The van der Waals surface area contributed by atoms with Gasteiger partial charge in [-0.3, -0.25) is 0 Å². The van der Waals surface area contributed by atoms with Crippen LogP contribution in [0, 0.1) is 0 Å². The van der Waals surface area contributed by atoms with Crippen molar-refractivity contribution in [3.05, 3.63) is 26.2 Å². The summed E-state index contributed by atoms with van der Waals surface area (Å²) in [4.78, 5) is 0. The van der Waals surface area contributed by atoms with Gasteiger partial charge in [0, 0.05) is 0 Å². The van der Waals surface area contributed by atoms with Gasteiger partial charge in [0.05, 0.1) is 10.0 Å². The van der Waals surface area contributed by atoms with Crippen molar-refractivity contribution in [2.24, 2.45) is 0 Å². The summed E-state index contributed by atoms with van der Waals surface area (Å²) in [6.07, 6.45) is 0. The van der Waals surface area contributed by atoms with Crippen molar-refractivity contribution < 1.29 is 5.11 Å². The molecule has 1 aromatic rings. The molecule has 6 heteroatoms. The predicted molar refractivity (Wildman–Crippen MR) is 55.3 cm³/mol. The third kappa shape index (κ3) is 2.58. The first-order valence-corrected chi connectivity index (χ1v) is 4.07. The second-order valence-corrected chi connectivity index (χ2v) is 3.39. The molecule has 0 aliphatic heterocycles. The van der Waals surface area contributed by atoms with E-state index in [1.165, 1.54) is 6.07 Å². The van der Waals surface area contributed by atoms with Crippen molar-refractivity contribution in [2.45, 2.75) is 0 Å². The average Bonchev–Trinajstić information content (AvgIpc) is 1.97. The van der Waals surface area contributed by atoms with Crippen molar-refractivity contribution in [3.8, 4) is 5.75 Å². The molecule has 0 aliphatic carbocycles. The van der Waals surface area contributed by atoms with E-state index < -0.39 is 0 Å². The molecule has 0 unspecified atom stereocenters. The van der Waals surface area contributed by atoms with Gasteiger partial charge in [0.2, 0.25) is 0 Å². The van der Waals surface area contributed by atoms with Crippen LogP contribution in [0.4, 0.5) is 0 Å². The van der Waals surface area contributed by atoms with Crippen molar-refractivity contribution >= 4 is 76.0 Å². The molecule has 1 aromatic carbocycles. The molecule has 12 heavy (non-hydrogen) atoms. The molecular formula is C6H3Cl4NaO. The molecule has 0 spiro atoms. The van der Waals surface area contributed by atoms with Gasteiger partial charge in [0.25, 0.3) is 0 Å². The van der Waals surface area contributed by atoms with Gasteiger partial charge in [-0.2, -0.15) is 0 Å². The molecule has 0 radical (unpaired) electrons. The molecule has 1 nitrogen and oxygen atoms in total. The van der Waals surface area contributed by atoms with Crippen LogP contribution in [0.2, 0.25) is 20.1 Å². The topological polar surface area (TPSA) is 20.2 Å². The van der Waals surface area contributed by atoms with Gasteiger partial charge < -0.3 is 5.11 Å². The minimum atomic E-state index is -0.286. The van der Waals surface area contributed by atoms with Gasteiger partial charge in [0.1, 0.15) is 10.0 Å². The molecule has 0 aliphatic rings. The summed E-state index contributed by atoms with van der Waals surface area (Å²) in [5, 5.41) is 9.52. The predicted octanol–water partition coefficient (Wildman–Crippen LogP) is 3.36. The number of phenolic OH excluding ortho intramolecular Hbond substituents is 1. The molecule has 0 fully saturated rings. The quantitative estimate of drug-likeness (QED) is 0.557. The zero-order chi connectivity index (χ0) is 8.59. The molecule has 1 N–H and O–H groups in total. The SMILES string of the molecule is Oc1c(Cl)c(Cl)cc(Cl)c1Cl.[NaH]. The molecule has 62 valence electrons. The van der Waals surface area contributed by atoms with E-state index in [0.717, 1.165) is 0 Å². The molecule has 0 heterocycles. The maximum absolute atomic E-state index is 9.14. The third-order valence-corrected chi connectivity index (χ3v) is 2.64. The molecule has 0 amide bonds. The number of rotatable bonds is 0. The molecule has 0 aromatic heterocycles. The second kappa shape index (κ2) is 5.16. The van der Waals surface area contributed by atoms with E-state index in [0.29, 0.717) is 0 Å². The van der Waals surface area contributed by atoms with Gasteiger partial charge in [-0.25, -0.2) is 0 Å². The Kier molecular flexibility index (Phi) is 5.67. The average molecular weight is 256 g/mol. The Morgan fingerprint density at radius 3 is 1.58 bits per heavy atom. The number of hydrogen-bond donors (Lipinski definition) is 1. The first-order chi connectivity index (χ1) is 5.04. The van der Waals surface area contributed by atoms with Gasteiger partial charge in [-0.05, 0) is 6.07 Å². The van der Waals surface area contributed by atoms with Gasteiger partial charge in [-0.15, -0.1) is 0 Å². The Balaban J connectivity index is 0.00000121. The molecule has 0 atom stereocenters. The summed E-state index contributed by atoms with van der Waals surface area (Å²) in [7, 11) is 0. The van der Waals surface area contributed by atoms with Crippen molar-refractivity contribution in [1.29, 1.82) is 0 Å². The number of benzene rings is 1. The standard InChI is InChI=1S/C6H2Cl4O.Na.H/c7-2-1-3(8)5(10)6(11)4(2)9;;/h1,11H;;. The van der Waals surface area contributed by atoms with E-state index in [1.807, 2.05) is 0 Å². The van der Waals surface area contributed by atoms with Crippen molar-refractivity contribution in [2.75, 3.05) is 0 Å². The minimum absolute atomic E-state index is 0. The first-order valence-electron chi connectivity index (χ1n) is 2.56. The van der Waals surface area contributed by atoms with E-state index in [2.05, 4.69) is 0 Å². The summed E-state index contributed by atoms with van der Waals surface area (Å²) >= 11 is 22.2. The second-order valence-electron chi connectivity index (χ2n) is 1.82. The summed E-state index contributed by atoms with van der Waals surface area (Å²) < 4.78 is 0. The van der Waals surface area contributed by atoms with E-state index >= 15 is 0 Å². The summed E-state index contributed by atoms with van der Waals surface area (Å²) in [5.41, 5.74) is 0. The Hall–Kier alpha value is 1.18. The number of halogens is 4. The molecule has 0 saturated carbocycles. The molecular weight excluding hydrogens is 253 g/mol. The molecule has 0 saturated heterocycles. The zero-order valence-electron chi connectivity index (χ0n) is 5.04. The molecule has 1 rings (SSSR count). The van der Waals surface area contributed by atoms with Crippen LogP contribution in [0.5, 0.6) is 5.75 Å². The van der Waals surface area contributed by atoms with Crippen LogP contribution in [0.1, 0.15) is 0 Å². The van der Waals surface area contributed by atoms with Crippen LogP contribution >= 0.6 is 46.4 Å². The Morgan fingerprint density at radius 1 is 0.917 bits per heavy atom. The van der Waals surface area contributed by atoms with Crippen LogP contribution in [0.25, 0.3) is 0 Å². The summed E-state index contributed by atoms with van der Waals surface area (Å²) in [6, 6.07) is 1.37. The van der Waals surface area contributed by atoms with Crippen LogP contribution in [0.15, 0.2) is 6.07 Å². The summed E-state index contributed by atoms with van der Waals surface area (Å²) in [5.74, 6) is -0.286. The van der Waals surface area contributed by atoms with Gasteiger partial charge in [0.15, 0.2) is 5.75 Å². The monoisotopic (exact) mass is 254 g/mol. The third-order valence-electron chi connectivity index (χ3n) is 1.09. The van der Waals surface area contributed by atoms with E-state index in [1.54, 1.807) is 0 Å². The van der Waals surface area contributed by atoms with E-state index in [4.69, 9.17) is 51.5 Å². The van der Waals surface area contributed by atoms with Gasteiger partial charge >= 0.3 is 29.6 Å². The van der Waals surface area contributed by atoms with Crippen LogP contribution in [0.3, 0.4) is 0 Å². The number of aromatic hydroxyl groups is 1. The fourth-order valence-corrected chi connectivity index (χ4v) is 1.36. The Bertz CT molecular complexity index is 276. The molecule has 0 bridgehead atoms. The fourth-order valence-electron chi connectivity index (χ4n) is 0.561. The first kappa shape index (κ1) is 13.2. The fraction of sp³-hybridized carbons (Fsp3) is 0. The Labute approximate surface area is 112 Å². The van der Waals surface area contributed by atoms with E-state index in [9.17, 15) is 0 Å². The Morgan fingerprint density at radius 2 is 1.25 bits per heavy atom. The van der Waals surface area contributed by atoms with Crippen LogP contribution in [-0.2, 0) is 0 Å². The zero-order valence-corrected chi connectivity index (χ0v) is 8.06. The van der Waals surface area contributed by atoms with Gasteiger partial charge in [-0.1, -0.05) is 46.4 Å². The van der Waals surface area contributed by atoms with Crippen LogP contribution < -0.4 is 0 Å². The van der Waals surface area contributed by atoms with Crippen molar-refractivity contribution in [3.63, 3.8) is 0 Å². The summed E-state index contributed by atoms with van der Waals surface area (Å²) in [6.45, 7) is 0. The van der Waals surface area contributed by atoms with E-state index in [-0.39, 0.29) is 55.4 Å². The number of hydrogen-bond acceptors (Lipinski definition) is 1.